The van der Waals surface area contributed by atoms with Gasteiger partial charge in [0.1, 0.15) is 0 Å². The molecule has 0 N–H and O–H groups in total. The number of likely N-dealkylation sites (tertiary alicyclic amines) is 2. The highest BCUT2D eigenvalue weighted by Crippen LogP contribution is 2.42. The van der Waals surface area contributed by atoms with Crippen molar-refractivity contribution in [2.75, 3.05) is 54.1 Å². The maximum atomic E-state index is 13.7. The van der Waals surface area contributed by atoms with Crippen molar-refractivity contribution in [3.8, 4) is 17.2 Å². The number of halogens is 2. The van der Waals surface area contributed by atoms with E-state index in [0.29, 0.717) is 45.9 Å². The standard InChI is InChI=1S/C28H36Cl2N2O4/c1-34-24-16-20(17-25(35-2)26(24)36-3)27(33)32-15-11-28(19-32,21-8-9-22(29)23(30)18-21)10-14-31-12-6-4-5-7-13-31/h8-9,16-18H,4-7,10-15,19H2,1-3H3. The number of amides is 1. The Balaban J connectivity index is 1.60. The minimum atomic E-state index is -0.184. The van der Waals surface area contributed by atoms with Crippen molar-refractivity contribution in [2.45, 2.75) is 43.9 Å². The molecular weight excluding hydrogens is 499 g/mol. The summed E-state index contributed by atoms with van der Waals surface area (Å²) in [5.74, 6) is 1.36. The van der Waals surface area contributed by atoms with Crippen LogP contribution in [0.15, 0.2) is 30.3 Å². The van der Waals surface area contributed by atoms with Gasteiger partial charge in [-0.3, -0.25) is 4.79 Å². The molecular formula is C28H36Cl2N2O4. The first-order valence-electron chi connectivity index (χ1n) is 12.7. The number of carbonyl (C=O) groups is 1. The first kappa shape index (κ1) is 26.9. The van der Waals surface area contributed by atoms with Crippen LogP contribution in [-0.2, 0) is 5.41 Å². The van der Waals surface area contributed by atoms with Gasteiger partial charge in [0.15, 0.2) is 11.5 Å². The second kappa shape index (κ2) is 11.9. The molecule has 2 fully saturated rings. The van der Waals surface area contributed by atoms with Crippen LogP contribution in [0.1, 0.15) is 54.4 Å². The Morgan fingerprint density at radius 3 is 2.14 bits per heavy atom. The van der Waals surface area contributed by atoms with Gasteiger partial charge in [-0.05, 0) is 75.1 Å². The van der Waals surface area contributed by atoms with Crippen LogP contribution in [0.3, 0.4) is 0 Å². The molecule has 1 unspecified atom stereocenters. The second-order valence-corrected chi connectivity index (χ2v) is 10.6. The van der Waals surface area contributed by atoms with E-state index in [0.717, 1.165) is 38.0 Å². The van der Waals surface area contributed by atoms with E-state index in [9.17, 15) is 4.79 Å². The zero-order valence-electron chi connectivity index (χ0n) is 21.4. The molecule has 0 bridgehead atoms. The number of ether oxygens (including phenoxy) is 3. The van der Waals surface area contributed by atoms with E-state index in [1.165, 1.54) is 25.7 Å². The van der Waals surface area contributed by atoms with Gasteiger partial charge in [-0.2, -0.15) is 0 Å². The lowest BCUT2D eigenvalue weighted by atomic mass is 9.76. The highest BCUT2D eigenvalue weighted by Gasteiger charge is 2.42. The van der Waals surface area contributed by atoms with Crippen LogP contribution in [0, 0.1) is 0 Å². The smallest absolute Gasteiger partial charge is 0.254 e. The molecule has 1 atom stereocenters. The first-order chi connectivity index (χ1) is 17.4. The third-order valence-electron chi connectivity index (χ3n) is 7.69. The normalized spacial score (nSPS) is 20.8. The summed E-state index contributed by atoms with van der Waals surface area (Å²) in [4.78, 5) is 18.2. The highest BCUT2D eigenvalue weighted by molar-refractivity contribution is 6.42. The van der Waals surface area contributed by atoms with Gasteiger partial charge >= 0.3 is 0 Å². The predicted octanol–water partition coefficient (Wildman–Crippen LogP) is 6.07. The fraction of sp³-hybridized carbons (Fsp3) is 0.536. The van der Waals surface area contributed by atoms with Crippen LogP contribution in [0.5, 0.6) is 17.2 Å². The quantitative estimate of drug-likeness (QED) is 0.411. The van der Waals surface area contributed by atoms with Crippen LogP contribution in [0.2, 0.25) is 10.0 Å². The fourth-order valence-electron chi connectivity index (χ4n) is 5.57. The van der Waals surface area contributed by atoms with E-state index < -0.39 is 0 Å². The summed E-state index contributed by atoms with van der Waals surface area (Å²) >= 11 is 12.7. The van der Waals surface area contributed by atoms with Gasteiger partial charge in [-0.1, -0.05) is 42.1 Å². The summed E-state index contributed by atoms with van der Waals surface area (Å²) in [7, 11) is 4.66. The summed E-state index contributed by atoms with van der Waals surface area (Å²) < 4.78 is 16.4. The molecule has 2 aromatic carbocycles. The zero-order chi connectivity index (χ0) is 25.7. The maximum Gasteiger partial charge on any atom is 0.254 e. The van der Waals surface area contributed by atoms with Gasteiger partial charge in [-0.15, -0.1) is 0 Å². The number of hydrogen-bond acceptors (Lipinski definition) is 5. The van der Waals surface area contributed by atoms with E-state index >= 15 is 0 Å². The van der Waals surface area contributed by atoms with Crippen molar-refractivity contribution in [1.82, 2.24) is 9.80 Å². The van der Waals surface area contributed by atoms with Crippen molar-refractivity contribution in [2.24, 2.45) is 0 Å². The van der Waals surface area contributed by atoms with E-state index in [1.54, 1.807) is 33.5 Å². The summed E-state index contributed by atoms with van der Waals surface area (Å²) in [6, 6.07) is 9.38. The van der Waals surface area contributed by atoms with Crippen molar-refractivity contribution in [3.05, 3.63) is 51.5 Å². The van der Waals surface area contributed by atoms with Crippen LogP contribution in [-0.4, -0.2) is 69.8 Å². The molecule has 0 aromatic heterocycles. The molecule has 36 heavy (non-hydrogen) atoms. The molecule has 0 spiro atoms. The lowest BCUT2D eigenvalue weighted by Crippen LogP contribution is -2.38. The molecule has 2 aliphatic heterocycles. The summed E-state index contributed by atoms with van der Waals surface area (Å²) in [5, 5.41) is 1.10. The minimum absolute atomic E-state index is 0.0500. The first-order valence-corrected chi connectivity index (χ1v) is 13.4. The Hall–Kier alpha value is -2.15. The number of carbonyl (C=O) groups excluding carboxylic acids is 1. The third-order valence-corrected chi connectivity index (χ3v) is 8.43. The molecule has 1 amide bonds. The molecule has 8 heteroatoms. The van der Waals surface area contributed by atoms with Crippen LogP contribution < -0.4 is 14.2 Å². The van der Waals surface area contributed by atoms with Crippen molar-refractivity contribution in [3.63, 3.8) is 0 Å². The lowest BCUT2D eigenvalue weighted by molar-refractivity contribution is 0.0780. The Bertz CT molecular complexity index is 1050. The average Bonchev–Trinajstić information content (AvgIpc) is 3.16. The second-order valence-electron chi connectivity index (χ2n) is 9.81. The fourth-order valence-corrected chi connectivity index (χ4v) is 5.87. The van der Waals surface area contributed by atoms with Crippen molar-refractivity contribution in [1.29, 1.82) is 0 Å². The highest BCUT2D eigenvalue weighted by atomic mass is 35.5. The summed E-state index contributed by atoms with van der Waals surface area (Å²) in [6.07, 6.45) is 6.97. The number of hydrogen-bond donors (Lipinski definition) is 0. The van der Waals surface area contributed by atoms with E-state index in [-0.39, 0.29) is 11.3 Å². The van der Waals surface area contributed by atoms with Gasteiger partial charge in [0.2, 0.25) is 5.75 Å². The Morgan fingerprint density at radius 1 is 0.889 bits per heavy atom. The molecule has 2 saturated heterocycles. The van der Waals surface area contributed by atoms with E-state index in [4.69, 9.17) is 37.4 Å². The Labute approximate surface area is 224 Å². The van der Waals surface area contributed by atoms with Crippen LogP contribution in [0.25, 0.3) is 0 Å². The van der Waals surface area contributed by atoms with Gasteiger partial charge in [0, 0.05) is 24.1 Å². The van der Waals surface area contributed by atoms with Gasteiger partial charge in [-0.25, -0.2) is 0 Å². The molecule has 2 heterocycles. The molecule has 0 saturated carbocycles. The SMILES string of the molecule is COc1cc(C(=O)N2CCC(CCN3CCCCCC3)(c3ccc(Cl)c(Cl)c3)C2)cc(OC)c1OC. The Kier molecular flexibility index (Phi) is 8.91. The molecule has 0 radical (unpaired) electrons. The minimum Gasteiger partial charge on any atom is -0.493 e. The van der Waals surface area contributed by atoms with E-state index in [2.05, 4.69) is 11.0 Å². The summed E-state index contributed by atoms with van der Waals surface area (Å²) in [5.41, 5.74) is 1.48. The zero-order valence-corrected chi connectivity index (χ0v) is 23.0. The number of nitrogens with zero attached hydrogens (tertiary/aromatic N) is 2. The topological polar surface area (TPSA) is 51.2 Å². The Morgan fingerprint density at radius 2 is 1.56 bits per heavy atom. The molecule has 0 aliphatic carbocycles. The number of benzene rings is 2. The van der Waals surface area contributed by atoms with Gasteiger partial charge in [0.25, 0.3) is 5.91 Å². The largest absolute Gasteiger partial charge is 0.493 e. The average molecular weight is 536 g/mol. The van der Waals surface area contributed by atoms with Crippen LogP contribution in [0.4, 0.5) is 0 Å². The van der Waals surface area contributed by atoms with E-state index in [1.807, 2.05) is 17.0 Å². The number of rotatable bonds is 8. The predicted molar refractivity (Wildman–Crippen MR) is 144 cm³/mol. The van der Waals surface area contributed by atoms with Crippen molar-refractivity contribution < 1.29 is 19.0 Å². The molecule has 4 rings (SSSR count). The molecule has 2 aliphatic rings. The molecule has 196 valence electrons. The van der Waals surface area contributed by atoms with Crippen LogP contribution >= 0.6 is 23.2 Å². The monoisotopic (exact) mass is 534 g/mol. The van der Waals surface area contributed by atoms with Gasteiger partial charge < -0.3 is 24.0 Å². The summed E-state index contributed by atoms with van der Waals surface area (Å²) in [6.45, 7) is 4.58. The third kappa shape index (κ3) is 5.71. The number of methoxy groups -OCH3 is 3. The molecule has 2 aromatic rings. The lowest BCUT2D eigenvalue weighted by Gasteiger charge is -2.33. The maximum absolute atomic E-state index is 13.7. The molecule has 6 nitrogen and oxygen atoms in total. The van der Waals surface area contributed by atoms with Gasteiger partial charge in [0.05, 0.1) is 31.4 Å². The van der Waals surface area contributed by atoms with Crippen molar-refractivity contribution >= 4 is 29.1 Å².